The Hall–Kier alpha value is -1.77. The zero-order valence-corrected chi connectivity index (χ0v) is 10.9. The van der Waals surface area contributed by atoms with E-state index in [1.54, 1.807) is 0 Å². The zero-order valence-electron chi connectivity index (χ0n) is 10.9. The molecule has 0 radical (unpaired) electrons. The van der Waals surface area contributed by atoms with Crippen molar-refractivity contribution in [3.05, 3.63) is 35.5 Å². The summed E-state index contributed by atoms with van der Waals surface area (Å²) in [7, 11) is 0. The third-order valence-corrected chi connectivity index (χ3v) is 3.46. The fourth-order valence-corrected chi connectivity index (χ4v) is 2.64. The number of aromatic nitrogens is 1. The predicted octanol–water partition coefficient (Wildman–Crippen LogP) is 3.83. The van der Waals surface area contributed by atoms with E-state index < -0.39 is 5.97 Å². The van der Waals surface area contributed by atoms with Gasteiger partial charge < -0.3 is 10.1 Å². The second-order valence-corrected chi connectivity index (χ2v) is 4.90. The van der Waals surface area contributed by atoms with Crippen molar-refractivity contribution in [2.75, 3.05) is 0 Å². The first-order chi connectivity index (χ1) is 8.59. The van der Waals surface area contributed by atoms with Crippen LogP contribution in [0.2, 0.25) is 0 Å². The number of hydrogen-bond donors (Lipinski definition) is 2. The number of benzene rings is 1. The molecule has 0 bridgehead atoms. The Morgan fingerprint density at radius 3 is 2.83 bits per heavy atom. The number of H-pyrrole nitrogens is 1. The van der Waals surface area contributed by atoms with Crippen LogP contribution < -0.4 is 0 Å². The second-order valence-electron chi connectivity index (χ2n) is 4.90. The first-order valence-electron chi connectivity index (χ1n) is 6.38. The number of para-hydroxylation sites is 1. The summed E-state index contributed by atoms with van der Waals surface area (Å²) in [5.41, 5.74) is 3.69. The highest BCUT2D eigenvalue weighted by Gasteiger charge is 2.14. The SMILES string of the molecule is Cc1[nH]c2ccccc2c1C(C)CCCC(=O)O. The third kappa shape index (κ3) is 2.55. The van der Waals surface area contributed by atoms with Gasteiger partial charge >= 0.3 is 5.97 Å². The minimum Gasteiger partial charge on any atom is -0.481 e. The van der Waals surface area contributed by atoms with Gasteiger partial charge in [-0.05, 0) is 37.3 Å². The van der Waals surface area contributed by atoms with E-state index in [2.05, 4.69) is 31.0 Å². The van der Waals surface area contributed by atoms with Crippen LogP contribution in [0.3, 0.4) is 0 Å². The number of aromatic amines is 1. The standard InChI is InChI=1S/C15H19NO2/c1-10(6-5-9-14(17)18)15-11(2)16-13-8-4-3-7-12(13)15/h3-4,7-8,10,16H,5-6,9H2,1-2H3,(H,17,18). The van der Waals surface area contributed by atoms with E-state index in [1.807, 2.05) is 12.1 Å². The quantitative estimate of drug-likeness (QED) is 0.841. The highest BCUT2D eigenvalue weighted by molar-refractivity contribution is 5.85. The Morgan fingerprint density at radius 2 is 2.11 bits per heavy atom. The van der Waals surface area contributed by atoms with Gasteiger partial charge in [-0.2, -0.15) is 0 Å². The van der Waals surface area contributed by atoms with Crippen LogP contribution in [0.5, 0.6) is 0 Å². The van der Waals surface area contributed by atoms with Crippen LogP contribution in [-0.4, -0.2) is 16.1 Å². The molecule has 1 aromatic carbocycles. The van der Waals surface area contributed by atoms with Crippen molar-refractivity contribution in [2.24, 2.45) is 0 Å². The van der Waals surface area contributed by atoms with Crippen LogP contribution in [-0.2, 0) is 4.79 Å². The average molecular weight is 245 g/mol. The summed E-state index contributed by atoms with van der Waals surface area (Å²) in [6.45, 7) is 4.26. The second kappa shape index (κ2) is 5.25. The predicted molar refractivity (Wildman–Crippen MR) is 72.9 cm³/mol. The van der Waals surface area contributed by atoms with Gasteiger partial charge in [0.05, 0.1) is 0 Å². The fraction of sp³-hybridized carbons (Fsp3) is 0.400. The van der Waals surface area contributed by atoms with Gasteiger partial charge in [0.1, 0.15) is 0 Å². The topological polar surface area (TPSA) is 53.1 Å². The van der Waals surface area contributed by atoms with Crippen molar-refractivity contribution >= 4 is 16.9 Å². The van der Waals surface area contributed by atoms with E-state index in [0.717, 1.165) is 18.4 Å². The molecule has 18 heavy (non-hydrogen) atoms. The normalized spacial score (nSPS) is 12.8. The highest BCUT2D eigenvalue weighted by Crippen LogP contribution is 2.31. The average Bonchev–Trinajstić information content (AvgIpc) is 2.64. The number of carboxylic acids is 1. The summed E-state index contributed by atoms with van der Waals surface area (Å²) >= 11 is 0. The van der Waals surface area contributed by atoms with Crippen molar-refractivity contribution in [3.8, 4) is 0 Å². The Balaban J connectivity index is 2.19. The molecule has 0 aliphatic carbocycles. The maximum absolute atomic E-state index is 10.5. The number of aryl methyl sites for hydroxylation is 1. The van der Waals surface area contributed by atoms with E-state index in [0.29, 0.717) is 5.92 Å². The Labute approximate surface area is 107 Å². The largest absolute Gasteiger partial charge is 0.481 e. The van der Waals surface area contributed by atoms with E-state index in [9.17, 15) is 4.79 Å². The van der Waals surface area contributed by atoms with Crippen molar-refractivity contribution < 1.29 is 9.90 Å². The Morgan fingerprint density at radius 1 is 1.39 bits per heavy atom. The van der Waals surface area contributed by atoms with Crippen LogP contribution >= 0.6 is 0 Å². The Bertz CT molecular complexity index is 557. The van der Waals surface area contributed by atoms with Gasteiger partial charge in [0.15, 0.2) is 0 Å². The molecule has 3 heteroatoms. The Kier molecular flexibility index (Phi) is 3.70. The van der Waals surface area contributed by atoms with E-state index >= 15 is 0 Å². The van der Waals surface area contributed by atoms with Crippen LogP contribution in [0.1, 0.15) is 43.4 Å². The van der Waals surface area contributed by atoms with Gasteiger partial charge in [0.25, 0.3) is 0 Å². The molecule has 3 nitrogen and oxygen atoms in total. The van der Waals surface area contributed by atoms with Gasteiger partial charge in [-0.25, -0.2) is 0 Å². The van der Waals surface area contributed by atoms with Crippen LogP contribution in [0, 0.1) is 6.92 Å². The molecule has 2 N–H and O–H groups in total. The summed E-state index contributed by atoms with van der Waals surface area (Å²) in [4.78, 5) is 13.9. The molecule has 0 spiro atoms. The van der Waals surface area contributed by atoms with Crippen LogP contribution in [0.25, 0.3) is 10.9 Å². The van der Waals surface area contributed by atoms with Gasteiger partial charge in [0, 0.05) is 23.0 Å². The molecule has 1 aromatic heterocycles. The maximum Gasteiger partial charge on any atom is 0.303 e. The summed E-state index contributed by atoms with van der Waals surface area (Å²) in [5.74, 6) is -0.321. The monoisotopic (exact) mass is 245 g/mol. The molecule has 1 unspecified atom stereocenters. The summed E-state index contributed by atoms with van der Waals surface area (Å²) in [5, 5.41) is 9.94. The summed E-state index contributed by atoms with van der Waals surface area (Å²) < 4.78 is 0. The van der Waals surface area contributed by atoms with Gasteiger partial charge in [-0.3, -0.25) is 4.79 Å². The molecule has 0 saturated heterocycles. The van der Waals surface area contributed by atoms with Crippen molar-refractivity contribution in [2.45, 2.75) is 39.0 Å². The molecule has 2 rings (SSSR count). The highest BCUT2D eigenvalue weighted by atomic mass is 16.4. The fourth-order valence-electron chi connectivity index (χ4n) is 2.64. The maximum atomic E-state index is 10.5. The molecular weight excluding hydrogens is 226 g/mol. The number of aliphatic carboxylic acids is 1. The van der Waals surface area contributed by atoms with Crippen molar-refractivity contribution in [1.82, 2.24) is 4.98 Å². The lowest BCUT2D eigenvalue weighted by atomic mass is 9.93. The number of carboxylic acid groups (broad SMARTS) is 1. The first-order valence-corrected chi connectivity index (χ1v) is 6.38. The molecule has 96 valence electrons. The summed E-state index contributed by atoms with van der Waals surface area (Å²) in [6.07, 6.45) is 1.90. The first kappa shape index (κ1) is 12.7. The van der Waals surface area contributed by atoms with E-state index in [-0.39, 0.29) is 6.42 Å². The molecule has 1 heterocycles. The van der Waals surface area contributed by atoms with Crippen LogP contribution in [0.15, 0.2) is 24.3 Å². The van der Waals surface area contributed by atoms with Gasteiger partial charge in [-0.1, -0.05) is 25.1 Å². The lowest BCUT2D eigenvalue weighted by Gasteiger charge is -2.11. The van der Waals surface area contributed by atoms with Crippen LogP contribution in [0.4, 0.5) is 0 Å². The number of hydrogen-bond acceptors (Lipinski definition) is 1. The molecule has 0 aliphatic heterocycles. The molecular formula is C15H19NO2. The minimum atomic E-state index is -0.710. The van der Waals surface area contributed by atoms with E-state index in [4.69, 9.17) is 5.11 Å². The van der Waals surface area contributed by atoms with Gasteiger partial charge in [-0.15, -0.1) is 0 Å². The van der Waals surface area contributed by atoms with Gasteiger partial charge in [0.2, 0.25) is 0 Å². The lowest BCUT2D eigenvalue weighted by Crippen LogP contribution is -1.99. The molecule has 1 atom stereocenters. The number of nitrogens with one attached hydrogen (secondary N) is 1. The molecule has 0 fully saturated rings. The third-order valence-electron chi connectivity index (χ3n) is 3.46. The number of rotatable bonds is 5. The number of carbonyl (C=O) groups is 1. The molecule has 0 saturated carbocycles. The van der Waals surface area contributed by atoms with E-state index in [1.165, 1.54) is 16.6 Å². The number of fused-ring (bicyclic) bond motifs is 1. The van der Waals surface area contributed by atoms with Crippen molar-refractivity contribution in [3.63, 3.8) is 0 Å². The zero-order chi connectivity index (χ0) is 13.1. The summed E-state index contributed by atoms with van der Waals surface area (Å²) in [6, 6.07) is 8.28. The van der Waals surface area contributed by atoms with Crippen molar-refractivity contribution in [1.29, 1.82) is 0 Å². The lowest BCUT2D eigenvalue weighted by molar-refractivity contribution is -0.137. The molecule has 0 aliphatic rings. The smallest absolute Gasteiger partial charge is 0.303 e. The molecule has 2 aromatic rings. The minimum absolute atomic E-state index is 0.256. The molecule has 0 amide bonds.